The summed E-state index contributed by atoms with van der Waals surface area (Å²) >= 11 is 0. The molecule has 0 saturated carbocycles. The third kappa shape index (κ3) is 4.40. The van der Waals surface area contributed by atoms with Gasteiger partial charge in [0.05, 0.1) is 11.5 Å². The largest absolute Gasteiger partial charge is 0.380 e. The first-order valence-electron chi connectivity index (χ1n) is 8.94. The summed E-state index contributed by atoms with van der Waals surface area (Å²) in [5.74, 6) is -0.144. The van der Waals surface area contributed by atoms with Crippen molar-refractivity contribution in [2.75, 3.05) is 32.8 Å². The van der Waals surface area contributed by atoms with Gasteiger partial charge < -0.3 is 9.64 Å². The molecule has 1 atom stereocenters. The number of rotatable bonds is 8. The Bertz CT molecular complexity index is 686. The Balaban J connectivity index is 2.28. The number of carbonyl (C=O) groups is 1. The Kier molecular flexibility index (Phi) is 6.98. The molecule has 0 unspecified atom stereocenters. The minimum Gasteiger partial charge on any atom is -0.380 e. The third-order valence-electron chi connectivity index (χ3n) is 4.58. The lowest BCUT2D eigenvalue weighted by molar-refractivity contribution is 0.0772. The minimum absolute atomic E-state index is 0.132. The summed E-state index contributed by atoms with van der Waals surface area (Å²) in [6.07, 6.45) is 1.63. The molecule has 1 aromatic carbocycles. The van der Waals surface area contributed by atoms with Crippen LogP contribution in [-0.2, 0) is 14.8 Å². The lowest BCUT2D eigenvalue weighted by Crippen LogP contribution is -2.38. The van der Waals surface area contributed by atoms with Gasteiger partial charge in [-0.25, -0.2) is 8.42 Å². The van der Waals surface area contributed by atoms with E-state index in [2.05, 4.69) is 0 Å². The molecule has 1 heterocycles. The molecule has 140 valence electrons. The van der Waals surface area contributed by atoms with Crippen molar-refractivity contribution in [3.05, 3.63) is 29.8 Å². The Hall–Kier alpha value is -1.44. The molecule has 0 aliphatic carbocycles. The van der Waals surface area contributed by atoms with E-state index in [9.17, 15) is 13.2 Å². The highest BCUT2D eigenvalue weighted by molar-refractivity contribution is 7.89. The lowest BCUT2D eigenvalue weighted by atomic mass is 10.2. The average Bonchev–Trinajstić information content (AvgIpc) is 3.10. The predicted molar refractivity (Wildman–Crippen MR) is 97.1 cm³/mol. The first-order chi connectivity index (χ1) is 12.0. The summed E-state index contributed by atoms with van der Waals surface area (Å²) in [6.45, 7) is 8.37. The van der Waals surface area contributed by atoms with Gasteiger partial charge in [0.2, 0.25) is 10.0 Å². The van der Waals surface area contributed by atoms with Crippen molar-refractivity contribution in [3.8, 4) is 0 Å². The maximum atomic E-state index is 13.0. The molecular weight excluding hydrogens is 340 g/mol. The molecule has 0 spiro atoms. The van der Waals surface area contributed by atoms with E-state index in [1.165, 1.54) is 10.4 Å². The number of hydrogen-bond donors (Lipinski definition) is 0. The topological polar surface area (TPSA) is 66.9 Å². The fraction of sp³-hybridized carbons (Fsp3) is 0.611. The van der Waals surface area contributed by atoms with Gasteiger partial charge in [0.1, 0.15) is 0 Å². The molecule has 0 bridgehead atoms. The molecule has 0 aromatic heterocycles. The molecule has 1 aliphatic rings. The van der Waals surface area contributed by atoms with Crippen LogP contribution in [0.2, 0.25) is 0 Å². The molecule has 1 aliphatic heterocycles. The van der Waals surface area contributed by atoms with Gasteiger partial charge in [-0.15, -0.1) is 0 Å². The highest BCUT2D eigenvalue weighted by atomic mass is 32.2. The summed E-state index contributed by atoms with van der Waals surface area (Å²) in [6, 6.07) is 6.22. The first-order valence-corrected chi connectivity index (χ1v) is 10.4. The van der Waals surface area contributed by atoms with Crippen molar-refractivity contribution in [2.45, 2.75) is 44.6 Å². The van der Waals surface area contributed by atoms with Crippen LogP contribution in [0.3, 0.4) is 0 Å². The Labute approximate surface area is 150 Å². The second-order valence-corrected chi connectivity index (χ2v) is 7.97. The van der Waals surface area contributed by atoms with Gasteiger partial charge >= 0.3 is 0 Å². The summed E-state index contributed by atoms with van der Waals surface area (Å²) in [5.41, 5.74) is 0.408. The predicted octanol–water partition coefficient (Wildman–Crippen LogP) is 2.36. The quantitative estimate of drug-likeness (QED) is 0.706. The fourth-order valence-corrected chi connectivity index (χ4v) is 4.89. The molecule has 1 fully saturated rings. The van der Waals surface area contributed by atoms with Crippen LogP contribution in [0.25, 0.3) is 0 Å². The van der Waals surface area contributed by atoms with E-state index in [1.54, 1.807) is 23.1 Å². The minimum atomic E-state index is -3.63. The normalized spacial score (nSPS) is 18.4. The van der Waals surface area contributed by atoms with E-state index in [0.29, 0.717) is 38.4 Å². The number of amides is 1. The van der Waals surface area contributed by atoms with Crippen LogP contribution in [0.1, 0.15) is 44.0 Å². The number of nitrogens with zero attached hydrogens (tertiary/aromatic N) is 2. The van der Waals surface area contributed by atoms with Crippen LogP contribution >= 0.6 is 0 Å². The van der Waals surface area contributed by atoms with E-state index in [-0.39, 0.29) is 16.8 Å². The van der Waals surface area contributed by atoms with Gasteiger partial charge in [-0.05, 0) is 51.8 Å². The summed E-state index contributed by atoms with van der Waals surface area (Å²) in [4.78, 5) is 14.4. The van der Waals surface area contributed by atoms with Crippen LogP contribution in [0.4, 0.5) is 0 Å². The number of carbonyl (C=O) groups excluding carboxylic acids is 1. The number of benzene rings is 1. The van der Waals surface area contributed by atoms with E-state index in [1.807, 2.05) is 20.8 Å². The smallest absolute Gasteiger partial charge is 0.253 e. The summed E-state index contributed by atoms with van der Waals surface area (Å²) in [7, 11) is -3.63. The van der Waals surface area contributed by atoms with E-state index < -0.39 is 10.0 Å². The Morgan fingerprint density at radius 1 is 1.28 bits per heavy atom. The molecule has 0 N–H and O–H groups in total. The maximum Gasteiger partial charge on any atom is 0.253 e. The third-order valence-corrected chi connectivity index (χ3v) is 6.52. The van der Waals surface area contributed by atoms with Crippen molar-refractivity contribution in [1.29, 1.82) is 0 Å². The zero-order chi connectivity index (χ0) is 18.4. The Morgan fingerprint density at radius 3 is 2.64 bits per heavy atom. The van der Waals surface area contributed by atoms with E-state index in [0.717, 1.165) is 12.8 Å². The summed E-state index contributed by atoms with van der Waals surface area (Å²) < 4.78 is 33.0. The molecule has 1 saturated heterocycles. The van der Waals surface area contributed by atoms with Gasteiger partial charge in [-0.2, -0.15) is 4.31 Å². The van der Waals surface area contributed by atoms with Crippen molar-refractivity contribution >= 4 is 15.9 Å². The van der Waals surface area contributed by atoms with Gasteiger partial charge in [-0.1, -0.05) is 6.07 Å². The highest BCUT2D eigenvalue weighted by Gasteiger charge is 2.35. The lowest BCUT2D eigenvalue weighted by Gasteiger charge is -2.24. The molecule has 0 radical (unpaired) electrons. The second-order valence-electron chi connectivity index (χ2n) is 6.08. The molecule has 1 amide bonds. The van der Waals surface area contributed by atoms with Gasteiger partial charge in [0.25, 0.3) is 5.91 Å². The zero-order valence-corrected chi connectivity index (χ0v) is 16.1. The second kappa shape index (κ2) is 8.78. The number of sulfonamides is 1. The molecule has 25 heavy (non-hydrogen) atoms. The SMILES string of the molecule is CCOC[C@@H]1CCCN1S(=O)(=O)c1cccc(C(=O)N(CC)CC)c1. The fourth-order valence-electron chi connectivity index (χ4n) is 3.16. The van der Waals surface area contributed by atoms with Crippen LogP contribution < -0.4 is 0 Å². The average molecular weight is 368 g/mol. The molecule has 6 nitrogen and oxygen atoms in total. The van der Waals surface area contributed by atoms with Gasteiger partial charge in [-0.3, -0.25) is 4.79 Å². The summed E-state index contributed by atoms with van der Waals surface area (Å²) in [5, 5.41) is 0. The van der Waals surface area contributed by atoms with Crippen LogP contribution in [0, 0.1) is 0 Å². The van der Waals surface area contributed by atoms with E-state index in [4.69, 9.17) is 4.74 Å². The van der Waals surface area contributed by atoms with Crippen LogP contribution in [0.5, 0.6) is 0 Å². The number of ether oxygens (including phenoxy) is 1. The van der Waals surface area contributed by atoms with Gasteiger partial charge in [0.15, 0.2) is 0 Å². The van der Waals surface area contributed by atoms with E-state index >= 15 is 0 Å². The van der Waals surface area contributed by atoms with Crippen LogP contribution in [0.15, 0.2) is 29.2 Å². The Morgan fingerprint density at radius 2 is 2.00 bits per heavy atom. The van der Waals surface area contributed by atoms with Gasteiger partial charge in [0, 0.05) is 37.8 Å². The molecule has 1 aromatic rings. The van der Waals surface area contributed by atoms with Crippen molar-refractivity contribution < 1.29 is 17.9 Å². The highest BCUT2D eigenvalue weighted by Crippen LogP contribution is 2.27. The molecule has 7 heteroatoms. The number of hydrogen-bond acceptors (Lipinski definition) is 4. The molecular formula is C18H28N2O4S. The maximum absolute atomic E-state index is 13.0. The van der Waals surface area contributed by atoms with Crippen LogP contribution in [-0.4, -0.2) is 62.4 Å². The standard InChI is InChI=1S/C18H28N2O4S/c1-4-19(5-2)18(21)15-9-7-11-17(13-15)25(22,23)20-12-8-10-16(20)14-24-6-3/h7,9,11,13,16H,4-6,8,10,12,14H2,1-3H3/t16-/m0/s1. The molecule has 2 rings (SSSR count). The monoisotopic (exact) mass is 368 g/mol. The van der Waals surface area contributed by atoms with Crippen molar-refractivity contribution in [3.63, 3.8) is 0 Å². The van der Waals surface area contributed by atoms with Crippen molar-refractivity contribution in [2.24, 2.45) is 0 Å². The van der Waals surface area contributed by atoms with Crippen molar-refractivity contribution in [1.82, 2.24) is 9.21 Å². The zero-order valence-electron chi connectivity index (χ0n) is 15.3. The first kappa shape index (κ1) is 19.9.